The van der Waals surface area contributed by atoms with Crippen molar-refractivity contribution in [2.45, 2.75) is 13.3 Å². The summed E-state index contributed by atoms with van der Waals surface area (Å²) in [5, 5.41) is 17.8. The second kappa shape index (κ2) is 9.60. The molecule has 0 radical (unpaired) electrons. The largest absolute Gasteiger partial charge is 0.462 e. The van der Waals surface area contributed by atoms with Crippen LogP contribution < -0.4 is 0 Å². The van der Waals surface area contributed by atoms with Crippen molar-refractivity contribution in [1.29, 1.82) is 10.5 Å². The Morgan fingerprint density at radius 1 is 1.17 bits per heavy atom. The van der Waals surface area contributed by atoms with Gasteiger partial charge < -0.3 is 9.47 Å². The maximum absolute atomic E-state index is 11.6. The van der Waals surface area contributed by atoms with Crippen LogP contribution in [0.1, 0.15) is 30.0 Å². The molecule has 0 N–H and O–H groups in total. The molecule has 122 valence electrons. The summed E-state index contributed by atoms with van der Waals surface area (Å²) in [6.07, 6.45) is 3.10. The summed E-state index contributed by atoms with van der Waals surface area (Å²) in [4.78, 5) is 22.7. The number of hydrogen-bond acceptors (Lipinski definition) is 6. The normalized spacial score (nSPS) is 9.79. The Labute approximate surface area is 140 Å². The minimum atomic E-state index is -0.552. The molecule has 0 aliphatic carbocycles. The van der Waals surface area contributed by atoms with Gasteiger partial charge in [0.2, 0.25) is 0 Å². The summed E-state index contributed by atoms with van der Waals surface area (Å²) in [6, 6.07) is 8.49. The molecular formula is C18H16N2O4. The number of hydrogen-bond donors (Lipinski definition) is 0. The van der Waals surface area contributed by atoms with Crippen molar-refractivity contribution < 1.29 is 19.1 Å². The van der Waals surface area contributed by atoms with Crippen molar-refractivity contribution in [3.8, 4) is 12.1 Å². The highest BCUT2D eigenvalue weighted by atomic mass is 16.5. The van der Waals surface area contributed by atoms with E-state index in [0.717, 1.165) is 0 Å². The molecule has 0 bridgehead atoms. The van der Waals surface area contributed by atoms with E-state index in [1.165, 1.54) is 24.3 Å². The van der Waals surface area contributed by atoms with Crippen molar-refractivity contribution in [3.05, 3.63) is 53.1 Å². The molecule has 1 rings (SSSR count). The first-order valence-electron chi connectivity index (χ1n) is 7.09. The molecule has 0 aliphatic rings. The zero-order chi connectivity index (χ0) is 17.9. The van der Waals surface area contributed by atoms with Crippen LogP contribution in [0.15, 0.2) is 36.4 Å². The minimum Gasteiger partial charge on any atom is -0.462 e. The van der Waals surface area contributed by atoms with E-state index in [1.807, 2.05) is 12.1 Å². The van der Waals surface area contributed by atoms with Crippen LogP contribution in [-0.2, 0) is 19.1 Å². The summed E-state index contributed by atoms with van der Waals surface area (Å²) < 4.78 is 9.81. The standard InChI is InChI=1S/C18H16N2O4/c1-13(2)18(22)24-9-3-8-23-17(21)7-5-14-4-6-15(11-19)16(10-14)12-20/h4-7,10H,1,3,8-9H2,2H3/b7-5+. The van der Waals surface area contributed by atoms with E-state index >= 15 is 0 Å². The van der Waals surface area contributed by atoms with Gasteiger partial charge in [0.05, 0.1) is 24.3 Å². The lowest BCUT2D eigenvalue weighted by Gasteiger charge is -2.04. The van der Waals surface area contributed by atoms with Crippen LogP contribution in [0.3, 0.4) is 0 Å². The smallest absolute Gasteiger partial charge is 0.333 e. The fourth-order valence-corrected chi connectivity index (χ4v) is 1.59. The number of carbonyl (C=O) groups is 2. The Bertz CT molecular complexity index is 751. The molecule has 0 fully saturated rings. The second-order valence-electron chi connectivity index (χ2n) is 4.80. The Morgan fingerprint density at radius 2 is 1.83 bits per heavy atom. The van der Waals surface area contributed by atoms with Gasteiger partial charge in [-0.25, -0.2) is 9.59 Å². The zero-order valence-corrected chi connectivity index (χ0v) is 13.2. The number of carbonyl (C=O) groups excluding carboxylic acids is 2. The van der Waals surface area contributed by atoms with Gasteiger partial charge >= 0.3 is 11.9 Å². The Kier molecular flexibility index (Phi) is 7.47. The fourth-order valence-electron chi connectivity index (χ4n) is 1.59. The number of ether oxygens (including phenoxy) is 2. The lowest BCUT2D eigenvalue weighted by Crippen LogP contribution is -2.09. The molecule has 0 unspecified atom stereocenters. The van der Waals surface area contributed by atoms with Crippen LogP contribution in [0, 0.1) is 22.7 Å². The molecule has 0 heterocycles. The van der Waals surface area contributed by atoms with Gasteiger partial charge in [-0.15, -0.1) is 0 Å². The van der Waals surface area contributed by atoms with Gasteiger partial charge in [0, 0.05) is 18.1 Å². The maximum atomic E-state index is 11.6. The van der Waals surface area contributed by atoms with Gasteiger partial charge in [0.15, 0.2) is 0 Å². The molecule has 1 aromatic carbocycles. The summed E-state index contributed by atoms with van der Waals surface area (Å²) in [5.41, 5.74) is 1.45. The summed E-state index contributed by atoms with van der Waals surface area (Å²) in [7, 11) is 0. The van der Waals surface area contributed by atoms with E-state index in [2.05, 4.69) is 6.58 Å². The average molecular weight is 324 g/mol. The highest BCUT2D eigenvalue weighted by molar-refractivity contribution is 5.87. The highest BCUT2D eigenvalue weighted by Gasteiger charge is 2.04. The number of rotatable bonds is 7. The van der Waals surface area contributed by atoms with Crippen LogP contribution in [0.5, 0.6) is 0 Å². The predicted molar refractivity (Wildman–Crippen MR) is 86.3 cm³/mol. The van der Waals surface area contributed by atoms with Crippen LogP contribution >= 0.6 is 0 Å². The third kappa shape index (κ3) is 6.17. The molecule has 1 aromatic rings. The number of nitriles is 2. The first kappa shape index (κ1) is 18.7. The van der Waals surface area contributed by atoms with Crippen molar-refractivity contribution in [3.63, 3.8) is 0 Å². The van der Waals surface area contributed by atoms with Gasteiger partial charge in [-0.05, 0) is 30.7 Å². The van der Waals surface area contributed by atoms with E-state index in [1.54, 1.807) is 13.0 Å². The number of benzene rings is 1. The van der Waals surface area contributed by atoms with Crippen LogP contribution in [0.4, 0.5) is 0 Å². The molecule has 0 aromatic heterocycles. The number of esters is 2. The molecule has 0 aliphatic heterocycles. The molecular weight excluding hydrogens is 308 g/mol. The van der Waals surface area contributed by atoms with Crippen molar-refractivity contribution in [1.82, 2.24) is 0 Å². The van der Waals surface area contributed by atoms with Crippen molar-refractivity contribution in [2.24, 2.45) is 0 Å². The topological polar surface area (TPSA) is 100 Å². The van der Waals surface area contributed by atoms with E-state index in [4.69, 9.17) is 20.0 Å². The molecule has 24 heavy (non-hydrogen) atoms. The molecule has 0 saturated heterocycles. The first-order valence-corrected chi connectivity index (χ1v) is 7.09. The molecule has 6 heteroatoms. The lowest BCUT2D eigenvalue weighted by atomic mass is 10.1. The third-order valence-corrected chi connectivity index (χ3v) is 2.81. The maximum Gasteiger partial charge on any atom is 0.333 e. The zero-order valence-electron chi connectivity index (χ0n) is 13.2. The lowest BCUT2D eigenvalue weighted by molar-refractivity contribution is -0.140. The Morgan fingerprint density at radius 3 is 2.46 bits per heavy atom. The SMILES string of the molecule is C=C(C)C(=O)OCCCOC(=O)/C=C/c1ccc(C#N)c(C#N)c1. The predicted octanol–water partition coefficient (Wildman–Crippen LogP) is 2.50. The van der Waals surface area contributed by atoms with Crippen molar-refractivity contribution in [2.75, 3.05) is 13.2 Å². The minimum absolute atomic E-state index is 0.115. The summed E-state index contributed by atoms with van der Waals surface area (Å²) in [6.45, 7) is 5.26. The molecule has 0 spiro atoms. The summed E-state index contributed by atoms with van der Waals surface area (Å²) >= 11 is 0. The van der Waals surface area contributed by atoms with Gasteiger partial charge in [-0.1, -0.05) is 12.6 Å². The van der Waals surface area contributed by atoms with Gasteiger partial charge in [-0.2, -0.15) is 10.5 Å². The van der Waals surface area contributed by atoms with Crippen LogP contribution in [-0.4, -0.2) is 25.2 Å². The number of nitrogens with zero attached hydrogens (tertiary/aromatic N) is 2. The Balaban J connectivity index is 2.42. The molecule has 6 nitrogen and oxygen atoms in total. The second-order valence-corrected chi connectivity index (χ2v) is 4.80. The quantitative estimate of drug-likeness (QED) is 0.434. The van der Waals surface area contributed by atoms with Gasteiger partial charge in [0.25, 0.3) is 0 Å². The van der Waals surface area contributed by atoms with E-state index < -0.39 is 11.9 Å². The molecule has 0 atom stereocenters. The molecule has 0 amide bonds. The monoisotopic (exact) mass is 324 g/mol. The van der Waals surface area contributed by atoms with E-state index in [0.29, 0.717) is 17.6 Å². The highest BCUT2D eigenvalue weighted by Crippen LogP contribution is 2.11. The van der Waals surface area contributed by atoms with Gasteiger partial charge in [-0.3, -0.25) is 0 Å². The van der Waals surface area contributed by atoms with Crippen LogP contribution in [0.25, 0.3) is 6.08 Å². The summed E-state index contributed by atoms with van der Waals surface area (Å²) in [5.74, 6) is -1.03. The van der Waals surface area contributed by atoms with Crippen LogP contribution in [0.2, 0.25) is 0 Å². The van der Waals surface area contributed by atoms with Gasteiger partial charge in [0.1, 0.15) is 12.1 Å². The van der Waals surface area contributed by atoms with Crippen molar-refractivity contribution >= 4 is 18.0 Å². The first-order chi connectivity index (χ1) is 11.5. The third-order valence-electron chi connectivity index (χ3n) is 2.81. The van der Waals surface area contributed by atoms with E-state index in [-0.39, 0.29) is 24.3 Å². The molecule has 0 saturated carbocycles. The fraction of sp³-hybridized carbons (Fsp3) is 0.222. The average Bonchev–Trinajstić information content (AvgIpc) is 2.58. The Hall–Kier alpha value is -3.38. The van der Waals surface area contributed by atoms with E-state index in [9.17, 15) is 9.59 Å².